The molecule has 2 fully saturated rings. The molecule has 14 heavy (non-hydrogen) atoms. The van der Waals surface area contributed by atoms with Crippen molar-refractivity contribution in [2.24, 2.45) is 5.92 Å². The van der Waals surface area contributed by atoms with E-state index in [0.717, 1.165) is 38.8 Å². The van der Waals surface area contributed by atoms with E-state index in [1.54, 1.807) is 0 Å². The van der Waals surface area contributed by atoms with Crippen molar-refractivity contribution in [2.75, 3.05) is 32.9 Å². The zero-order chi connectivity index (χ0) is 9.64. The first-order chi connectivity index (χ1) is 6.95. The summed E-state index contributed by atoms with van der Waals surface area (Å²) in [7, 11) is 0. The molecule has 3 heteroatoms. The van der Waals surface area contributed by atoms with Crippen LogP contribution in [-0.2, 0) is 9.47 Å². The molecule has 0 saturated carbocycles. The van der Waals surface area contributed by atoms with Gasteiger partial charge >= 0.3 is 0 Å². The van der Waals surface area contributed by atoms with Crippen molar-refractivity contribution < 1.29 is 9.47 Å². The third kappa shape index (κ3) is 3.23. The van der Waals surface area contributed by atoms with Gasteiger partial charge in [0.25, 0.3) is 0 Å². The molecule has 0 radical (unpaired) electrons. The summed E-state index contributed by atoms with van der Waals surface area (Å²) in [6.45, 7) is 4.89. The van der Waals surface area contributed by atoms with Gasteiger partial charge in [0.05, 0.1) is 12.7 Å². The summed E-state index contributed by atoms with van der Waals surface area (Å²) in [5, 5.41) is 3.37. The van der Waals surface area contributed by atoms with E-state index in [0.29, 0.717) is 6.10 Å². The SMILES string of the molecule is C1COC(CCC2CCOCC2)CN1. The number of ether oxygens (including phenoxy) is 2. The molecule has 0 aromatic carbocycles. The van der Waals surface area contributed by atoms with Crippen LogP contribution in [-0.4, -0.2) is 39.0 Å². The number of hydrogen-bond acceptors (Lipinski definition) is 3. The van der Waals surface area contributed by atoms with E-state index in [9.17, 15) is 0 Å². The molecule has 0 aromatic heterocycles. The summed E-state index contributed by atoms with van der Waals surface area (Å²) in [6.07, 6.45) is 5.50. The summed E-state index contributed by atoms with van der Waals surface area (Å²) in [6, 6.07) is 0. The Morgan fingerprint density at radius 3 is 2.64 bits per heavy atom. The second-order valence-electron chi connectivity index (χ2n) is 4.33. The van der Waals surface area contributed by atoms with Crippen molar-refractivity contribution in [2.45, 2.75) is 31.8 Å². The molecule has 2 heterocycles. The number of rotatable bonds is 3. The van der Waals surface area contributed by atoms with Crippen LogP contribution in [0.5, 0.6) is 0 Å². The third-order valence-corrected chi connectivity index (χ3v) is 3.24. The van der Waals surface area contributed by atoms with Gasteiger partial charge in [-0.3, -0.25) is 0 Å². The highest BCUT2D eigenvalue weighted by Gasteiger charge is 2.18. The van der Waals surface area contributed by atoms with Crippen LogP contribution in [0.3, 0.4) is 0 Å². The molecule has 2 aliphatic rings. The number of nitrogens with one attached hydrogen (secondary N) is 1. The maximum atomic E-state index is 5.68. The molecule has 82 valence electrons. The van der Waals surface area contributed by atoms with Gasteiger partial charge in [-0.2, -0.15) is 0 Å². The van der Waals surface area contributed by atoms with Crippen molar-refractivity contribution in [1.82, 2.24) is 5.32 Å². The Labute approximate surface area is 86.2 Å². The Morgan fingerprint density at radius 1 is 1.07 bits per heavy atom. The van der Waals surface area contributed by atoms with Crippen LogP contribution >= 0.6 is 0 Å². The van der Waals surface area contributed by atoms with Gasteiger partial charge in [0.1, 0.15) is 0 Å². The predicted molar refractivity (Wildman–Crippen MR) is 55.4 cm³/mol. The zero-order valence-corrected chi connectivity index (χ0v) is 8.84. The van der Waals surface area contributed by atoms with E-state index in [4.69, 9.17) is 9.47 Å². The fraction of sp³-hybridized carbons (Fsp3) is 1.00. The average Bonchev–Trinajstić information content (AvgIpc) is 2.29. The highest BCUT2D eigenvalue weighted by atomic mass is 16.5. The van der Waals surface area contributed by atoms with Gasteiger partial charge < -0.3 is 14.8 Å². The molecule has 2 saturated heterocycles. The first-order valence-corrected chi connectivity index (χ1v) is 5.85. The van der Waals surface area contributed by atoms with Crippen LogP contribution in [0.4, 0.5) is 0 Å². The van der Waals surface area contributed by atoms with Gasteiger partial charge in [-0.15, -0.1) is 0 Å². The molecule has 0 spiro atoms. The summed E-state index contributed by atoms with van der Waals surface area (Å²) in [5.41, 5.74) is 0. The lowest BCUT2D eigenvalue weighted by molar-refractivity contribution is 0.0119. The zero-order valence-electron chi connectivity index (χ0n) is 8.84. The topological polar surface area (TPSA) is 30.5 Å². The van der Waals surface area contributed by atoms with Crippen LogP contribution in [0.2, 0.25) is 0 Å². The van der Waals surface area contributed by atoms with E-state index in [1.807, 2.05) is 0 Å². The van der Waals surface area contributed by atoms with Crippen LogP contribution in [0.15, 0.2) is 0 Å². The molecule has 0 aliphatic carbocycles. The van der Waals surface area contributed by atoms with Crippen LogP contribution in [0.25, 0.3) is 0 Å². The van der Waals surface area contributed by atoms with E-state index in [2.05, 4.69) is 5.32 Å². The molecule has 1 unspecified atom stereocenters. The first-order valence-electron chi connectivity index (χ1n) is 5.85. The van der Waals surface area contributed by atoms with Crippen molar-refractivity contribution in [3.05, 3.63) is 0 Å². The summed E-state index contributed by atoms with van der Waals surface area (Å²) < 4.78 is 11.0. The number of hydrogen-bond donors (Lipinski definition) is 1. The maximum Gasteiger partial charge on any atom is 0.0700 e. The van der Waals surface area contributed by atoms with Crippen molar-refractivity contribution in [1.29, 1.82) is 0 Å². The third-order valence-electron chi connectivity index (χ3n) is 3.24. The molecule has 0 bridgehead atoms. The monoisotopic (exact) mass is 199 g/mol. The Hall–Kier alpha value is -0.120. The lowest BCUT2D eigenvalue weighted by atomic mass is 9.93. The van der Waals surface area contributed by atoms with E-state index in [-0.39, 0.29) is 0 Å². The van der Waals surface area contributed by atoms with Crippen molar-refractivity contribution >= 4 is 0 Å². The number of morpholine rings is 1. The molecule has 2 aliphatic heterocycles. The largest absolute Gasteiger partial charge is 0.381 e. The normalized spacial score (nSPS) is 30.4. The minimum atomic E-state index is 0.464. The van der Waals surface area contributed by atoms with E-state index in [1.165, 1.54) is 25.7 Å². The minimum Gasteiger partial charge on any atom is -0.381 e. The Balaban J connectivity index is 1.60. The van der Waals surface area contributed by atoms with Gasteiger partial charge in [0.2, 0.25) is 0 Å². The quantitative estimate of drug-likeness (QED) is 0.740. The maximum absolute atomic E-state index is 5.68. The Morgan fingerprint density at radius 2 is 1.93 bits per heavy atom. The standard InChI is InChI=1S/C11H21NO2/c1(10-3-6-13-7-4-10)2-11-9-12-5-8-14-11/h10-12H,1-9H2. The van der Waals surface area contributed by atoms with Crippen molar-refractivity contribution in [3.8, 4) is 0 Å². The molecule has 0 amide bonds. The van der Waals surface area contributed by atoms with Gasteiger partial charge in [-0.1, -0.05) is 0 Å². The molecule has 2 rings (SSSR count). The Kier molecular flexibility index (Phi) is 4.22. The molecule has 1 atom stereocenters. The van der Waals surface area contributed by atoms with Gasteiger partial charge in [-0.05, 0) is 31.6 Å². The first kappa shape index (κ1) is 10.4. The second kappa shape index (κ2) is 5.69. The molecular formula is C11H21NO2. The van der Waals surface area contributed by atoms with Crippen LogP contribution in [0.1, 0.15) is 25.7 Å². The van der Waals surface area contributed by atoms with Gasteiger partial charge in [0, 0.05) is 26.3 Å². The van der Waals surface area contributed by atoms with Gasteiger partial charge in [0.15, 0.2) is 0 Å². The van der Waals surface area contributed by atoms with Gasteiger partial charge in [-0.25, -0.2) is 0 Å². The lowest BCUT2D eigenvalue weighted by Crippen LogP contribution is -2.38. The van der Waals surface area contributed by atoms with Crippen LogP contribution in [0, 0.1) is 5.92 Å². The molecule has 3 nitrogen and oxygen atoms in total. The molecule has 0 aromatic rings. The van der Waals surface area contributed by atoms with E-state index >= 15 is 0 Å². The summed E-state index contributed by atoms with van der Waals surface area (Å²) in [5.74, 6) is 0.884. The highest BCUT2D eigenvalue weighted by Crippen LogP contribution is 2.21. The fourth-order valence-corrected chi connectivity index (χ4v) is 2.26. The highest BCUT2D eigenvalue weighted by molar-refractivity contribution is 4.71. The molecule has 1 N–H and O–H groups in total. The summed E-state index contributed by atoms with van der Waals surface area (Å²) >= 11 is 0. The average molecular weight is 199 g/mol. The predicted octanol–water partition coefficient (Wildman–Crippen LogP) is 1.18. The van der Waals surface area contributed by atoms with E-state index < -0.39 is 0 Å². The van der Waals surface area contributed by atoms with Crippen molar-refractivity contribution in [3.63, 3.8) is 0 Å². The smallest absolute Gasteiger partial charge is 0.0700 e. The second-order valence-corrected chi connectivity index (χ2v) is 4.33. The lowest BCUT2D eigenvalue weighted by Gasteiger charge is -2.27. The summed E-state index contributed by atoms with van der Waals surface area (Å²) in [4.78, 5) is 0. The Bertz CT molecular complexity index is 133. The fourth-order valence-electron chi connectivity index (χ4n) is 2.26. The minimum absolute atomic E-state index is 0.464. The van der Waals surface area contributed by atoms with Crippen LogP contribution < -0.4 is 5.32 Å². The molecular weight excluding hydrogens is 178 g/mol.